The Labute approximate surface area is 156 Å². The molecule has 0 saturated carbocycles. The van der Waals surface area contributed by atoms with Gasteiger partial charge in [0.25, 0.3) is 0 Å². The summed E-state index contributed by atoms with van der Waals surface area (Å²) >= 11 is 0. The van der Waals surface area contributed by atoms with Crippen LogP contribution in [0.15, 0.2) is 59.7 Å². The van der Waals surface area contributed by atoms with E-state index in [-0.39, 0.29) is 0 Å². The van der Waals surface area contributed by atoms with Crippen LogP contribution in [-0.2, 0) is 4.74 Å². The molecule has 0 heterocycles. The maximum atomic E-state index is 12.7. The lowest BCUT2D eigenvalue weighted by Crippen LogP contribution is -2.21. The van der Waals surface area contributed by atoms with Gasteiger partial charge in [0, 0.05) is 0 Å². The van der Waals surface area contributed by atoms with Crippen molar-refractivity contribution in [2.75, 3.05) is 0 Å². The zero-order valence-electron chi connectivity index (χ0n) is 13.2. The highest BCUT2D eigenvalue weighted by Gasteiger charge is 2.50. The van der Waals surface area contributed by atoms with Gasteiger partial charge in [-0.15, -0.1) is 0 Å². The number of allylic oxidation sites excluding steroid dienone is 4. The van der Waals surface area contributed by atoms with Gasteiger partial charge in [-0.05, 0) is 0 Å². The fourth-order valence-electron chi connectivity index (χ4n) is 0.845. The predicted molar refractivity (Wildman–Crippen MR) is 61.6 cm³/mol. The molecule has 0 amide bonds. The molecule has 180 valence electrons. The van der Waals surface area contributed by atoms with E-state index < -0.39 is 71.5 Å². The van der Waals surface area contributed by atoms with E-state index in [9.17, 15) is 79.0 Å². The minimum atomic E-state index is -6.13. The number of halogens is 18. The topological polar surface area (TPSA) is 9.23 Å². The lowest BCUT2D eigenvalue weighted by atomic mass is 10.2. The normalized spacial score (nSPS) is 13.2. The second-order valence-corrected chi connectivity index (χ2v) is 4.10. The van der Waals surface area contributed by atoms with Crippen LogP contribution in [0.2, 0.25) is 0 Å². The van der Waals surface area contributed by atoms with Crippen molar-refractivity contribution in [2.24, 2.45) is 0 Å². The maximum Gasteiger partial charge on any atom is 0.361 e. The van der Waals surface area contributed by atoms with Crippen molar-refractivity contribution in [3.05, 3.63) is 59.7 Å². The van der Waals surface area contributed by atoms with Crippen molar-refractivity contribution in [1.29, 1.82) is 0 Å². The Morgan fingerprint density at radius 2 is 0.581 bits per heavy atom. The summed E-state index contributed by atoms with van der Waals surface area (Å²) in [4.78, 5) is 0. The Kier molecular flexibility index (Phi) is 11.4. The predicted octanol–water partition coefficient (Wildman–Crippen LogP) is 8.64. The Bertz CT molecular complexity index is 733. The van der Waals surface area contributed by atoms with Crippen LogP contribution in [0.4, 0.5) is 79.0 Å². The monoisotopic (exact) mass is 502 g/mol. The van der Waals surface area contributed by atoms with E-state index in [0.717, 1.165) is 0 Å². The first kappa shape index (κ1) is 30.4. The molecular weight excluding hydrogens is 502 g/mol. The number of alkyl halides is 4. The van der Waals surface area contributed by atoms with Crippen LogP contribution in [0.25, 0.3) is 0 Å². The first-order valence-electron chi connectivity index (χ1n) is 6.06. The molecule has 0 fully saturated rings. The van der Waals surface area contributed by atoms with E-state index in [1.54, 1.807) is 0 Å². The molecule has 0 unspecified atom stereocenters. The summed E-state index contributed by atoms with van der Waals surface area (Å²) in [5.74, 6) is -28.0. The van der Waals surface area contributed by atoms with Gasteiger partial charge in [0.1, 0.15) is 0 Å². The van der Waals surface area contributed by atoms with E-state index >= 15 is 0 Å². The molecule has 0 aromatic heterocycles. The lowest BCUT2D eigenvalue weighted by molar-refractivity contribution is -0.00191. The molecule has 0 atom stereocenters. The molecule has 0 radical (unpaired) electrons. The number of ether oxygens (including phenoxy) is 1. The molecule has 1 nitrogen and oxygen atoms in total. The molecule has 31 heavy (non-hydrogen) atoms. The average Bonchev–Trinajstić information content (AvgIpc) is 2.64. The highest BCUT2D eigenvalue weighted by molar-refractivity contribution is 5.23. The van der Waals surface area contributed by atoms with Crippen LogP contribution < -0.4 is 0 Å². The summed E-state index contributed by atoms with van der Waals surface area (Å²) in [7, 11) is 0. The van der Waals surface area contributed by atoms with Crippen LogP contribution >= 0.6 is 0 Å². The van der Waals surface area contributed by atoms with Crippen molar-refractivity contribution in [2.45, 2.75) is 11.8 Å². The summed E-state index contributed by atoms with van der Waals surface area (Å²) in [6.07, 6.45) is -13.6. The summed E-state index contributed by atoms with van der Waals surface area (Å²) in [5.41, 5.74) is 0. The third-order valence-electron chi connectivity index (χ3n) is 2.10. The Morgan fingerprint density at radius 3 is 0.742 bits per heavy atom. The van der Waals surface area contributed by atoms with Gasteiger partial charge >= 0.3 is 48.2 Å². The molecule has 0 rings (SSSR count). The molecule has 0 aliphatic carbocycles. The van der Waals surface area contributed by atoms with Crippen LogP contribution in [0, 0.1) is 0 Å². The SMILES string of the molecule is FC(F)=C(F)C(F)(F)C(F)=C(F)OC(F)=C(F)C(F)(F)C(F)=C(F)F.FC(F)=C(F)F. The van der Waals surface area contributed by atoms with Gasteiger partial charge in [0.2, 0.25) is 23.3 Å². The summed E-state index contributed by atoms with van der Waals surface area (Å²) in [6.45, 7) is 0. The van der Waals surface area contributed by atoms with Gasteiger partial charge in [-0.25, -0.2) is 0 Å². The van der Waals surface area contributed by atoms with Gasteiger partial charge < -0.3 is 4.74 Å². The second-order valence-electron chi connectivity index (χ2n) is 4.10. The quantitative estimate of drug-likeness (QED) is 0.261. The zero-order valence-corrected chi connectivity index (χ0v) is 13.2. The third kappa shape index (κ3) is 8.48. The Balaban J connectivity index is 0. The molecule has 19 heteroatoms. The average molecular weight is 502 g/mol. The smallest absolute Gasteiger partial charge is 0.361 e. The van der Waals surface area contributed by atoms with E-state index in [0.29, 0.717) is 0 Å². The first-order chi connectivity index (χ1) is 13.7. The second kappa shape index (κ2) is 11.6. The molecule has 0 aromatic rings. The lowest BCUT2D eigenvalue weighted by Gasteiger charge is -2.13. The number of rotatable bonds is 6. The van der Waals surface area contributed by atoms with Gasteiger partial charge in [-0.2, -0.15) is 79.0 Å². The highest BCUT2D eigenvalue weighted by atomic mass is 19.3. The van der Waals surface area contributed by atoms with Gasteiger partial charge in [0.15, 0.2) is 0 Å². The van der Waals surface area contributed by atoms with Crippen molar-refractivity contribution in [3.8, 4) is 0 Å². The van der Waals surface area contributed by atoms with E-state index in [1.165, 1.54) is 0 Å². The molecule has 0 aliphatic rings. The van der Waals surface area contributed by atoms with Gasteiger partial charge in [-0.1, -0.05) is 0 Å². The van der Waals surface area contributed by atoms with Crippen LogP contribution in [-0.4, -0.2) is 11.8 Å². The van der Waals surface area contributed by atoms with Crippen molar-refractivity contribution in [3.63, 3.8) is 0 Å². The van der Waals surface area contributed by atoms with E-state index in [2.05, 4.69) is 4.74 Å². The molecule has 0 saturated heterocycles. The molecule has 0 bridgehead atoms. The third-order valence-corrected chi connectivity index (χ3v) is 2.10. The molecule has 0 aromatic carbocycles. The highest BCUT2D eigenvalue weighted by Crippen LogP contribution is 2.41. The summed E-state index contributed by atoms with van der Waals surface area (Å²) < 4.78 is 216. The fourth-order valence-corrected chi connectivity index (χ4v) is 0.845. The van der Waals surface area contributed by atoms with Crippen molar-refractivity contribution >= 4 is 0 Å². The van der Waals surface area contributed by atoms with E-state index in [1.807, 2.05) is 0 Å². The number of hydrogen-bond acceptors (Lipinski definition) is 1. The minimum Gasteiger partial charge on any atom is -0.400 e. The first-order valence-corrected chi connectivity index (χ1v) is 6.06. The molecule has 0 N–H and O–H groups in total. The van der Waals surface area contributed by atoms with Gasteiger partial charge in [-0.3, -0.25) is 0 Å². The summed E-state index contributed by atoms with van der Waals surface area (Å²) in [5, 5.41) is 0. The van der Waals surface area contributed by atoms with Crippen molar-refractivity contribution < 1.29 is 83.8 Å². The zero-order chi connectivity index (χ0) is 25.5. The van der Waals surface area contributed by atoms with Crippen LogP contribution in [0.3, 0.4) is 0 Å². The number of hydrogen-bond donors (Lipinski definition) is 0. The fraction of sp³-hybridized carbons (Fsp3) is 0.167. The molecule has 0 aliphatic heterocycles. The Hall–Kier alpha value is -2.76. The van der Waals surface area contributed by atoms with Gasteiger partial charge in [0.05, 0.1) is 0 Å². The van der Waals surface area contributed by atoms with Crippen LogP contribution in [0.5, 0.6) is 0 Å². The Morgan fingerprint density at radius 1 is 0.355 bits per heavy atom. The minimum absolute atomic E-state index is 2.45. The van der Waals surface area contributed by atoms with Crippen LogP contribution in [0.1, 0.15) is 0 Å². The standard InChI is InChI=1S/C10F14O.C2F4/c11-1(5(15)16)9(21,22)3(13)7(19)25-8(20)4(14)10(23,24)2(12)6(17)18;3-1(4)2(5)6. The largest absolute Gasteiger partial charge is 0.400 e. The molecule has 0 spiro atoms. The molecular formula is C12F18O. The van der Waals surface area contributed by atoms with Crippen molar-refractivity contribution in [1.82, 2.24) is 0 Å². The summed E-state index contributed by atoms with van der Waals surface area (Å²) in [6, 6.07) is -7.48. The van der Waals surface area contributed by atoms with E-state index in [4.69, 9.17) is 0 Å². The maximum absolute atomic E-state index is 12.7.